The van der Waals surface area contributed by atoms with Gasteiger partial charge in [-0.3, -0.25) is 4.98 Å². The third kappa shape index (κ3) is 3.51. The first kappa shape index (κ1) is 14.4. The number of benzene rings is 1. The third-order valence-electron chi connectivity index (χ3n) is 2.67. The van der Waals surface area contributed by atoms with E-state index < -0.39 is 11.6 Å². The second-order valence-electron chi connectivity index (χ2n) is 4.58. The molecular formula is C15H16F2N2O. The van der Waals surface area contributed by atoms with Gasteiger partial charge in [-0.2, -0.15) is 0 Å². The molecule has 1 aromatic heterocycles. The topological polar surface area (TPSA) is 34.1 Å². The molecule has 0 amide bonds. The summed E-state index contributed by atoms with van der Waals surface area (Å²) >= 11 is 0. The van der Waals surface area contributed by atoms with Gasteiger partial charge in [-0.25, -0.2) is 8.78 Å². The molecule has 5 heteroatoms. The van der Waals surface area contributed by atoms with Gasteiger partial charge in [0.25, 0.3) is 0 Å². The van der Waals surface area contributed by atoms with Crippen molar-refractivity contribution in [2.24, 2.45) is 0 Å². The van der Waals surface area contributed by atoms with Gasteiger partial charge in [0, 0.05) is 29.9 Å². The molecule has 1 N–H and O–H groups in total. The van der Waals surface area contributed by atoms with Crippen molar-refractivity contribution in [2.45, 2.75) is 6.92 Å². The fourth-order valence-electron chi connectivity index (χ4n) is 1.84. The van der Waals surface area contributed by atoms with Crippen LogP contribution in [0.15, 0.2) is 36.5 Å². The highest BCUT2D eigenvalue weighted by Gasteiger charge is 2.08. The van der Waals surface area contributed by atoms with Crippen LogP contribution in [0, 0.1) is 11.6 Å². The molecule has 0 saturated carbocycles. The SMILES string of the molecule is C=C(C)COCCNc1ccnc2c(F)cc(F)cc12. The predicted molar refractivity (Wildman–Crippen MR) is 75.8 cm³/mol. The zero-order valence-corrected chi connectivity index (χ0v) is 11.2. The summed E-state index contributed by atoms with van der Waals surface area (Å²) in [7, 11) is 0. The van der Waals surface area contributed by atoms with E-state index in [0.717, 1.165) is 11.6 Å². The van der Waals surface area contributed by atoms with Crippen LogP contribution < -0.4 is 5.32 Å². The van der Waals surface area contributed by atoms with Gasteiger partial charge in [-0.05, 0) is 19.1 Å². The number of hydrogen-bond donors (Lipinski definition) is 1. The van der Waals surface area contributed by atoms with E-state index in [1.165, 1.54) is 12.3 Å². The van der Waals surface area contributed by atoms with Crippen molar-refractivity contribution in [3.05, 3.63) is 48.2 Å². The number of nitrogens with zero attached hydrogens (tertiary/aromatic N) is 1. The largest absolute Gasteiger partial charge is 0.382 e. The van der Waals surface area contributed by atoms with Gasteiger partial charge in [0.05, 0.1) is 13.2 Å². The molecule has 0 unspecified atom stereocenters. The zero-order valence-electron chi connectivity index (χ0n) is 11.2. The second kappa shape index (κ2) is 6.43. The highest BCUT2D eigenvalue weighted by molar-refractivity contribution is 5.91. The number of halogens is 2. The lowest BCUT2D eigenvalue weighted by atomic mass is 10.1. The van der Waals surface area contributed by atoms with Crippen LogP contribution in [0.2, 0.25) is 0 Å². The number of nitrogens with one attached hydrogen (secondary N) is 1. The van der Waals surface area contributed by atoms with E-state index >= 15 is 0 Å². The molecule has 0 aliphatic heterocycles. The van der Waals surface area contributed by atoms with E-state index in [0.29, 0.717) is 30.8 Å². The Hall–Kier alpha value is -2.01. The molecule has 0 atom stereocenters. The smallest absolute Gasteiger partial charge is 0.152 e. The van der Waals surface area contributed by atoms with E-state index in [4.69, 9.17) is 4.74 Å². The van der Waals surface area contributed by atoms with Crippen molar-refractivity contribution in [3.63, 3.8) is 0 Å². The Bertz CT molecular complexity index is 629. The first-order valence-corrected chi connectivity index (χ1v) is 6.27. The zero-order chi connectivity index (χ0) is 14.5. The highest BCUT2D eigenvalue weighted by atomic mass is 19.1. The van der Waals surface area contributed by atoms with Gasteiger partial charge >= 0.3 is 0 Å². The average Bonchev–Trinajstić information content (AvgIpc) is 2.38. The summed E-state index contributed by atoms with van der Waals surface area (Å²) in [6.45, 7) is 7.13. The molecule has 0 bridgehead atoms. The lowest BCUT2D eigenvalue weighted by Gasteiger charge is -2.10. The lowest BCUT2D eigenvalue weighted by Crippen LogP contribution is -2.10. The number of aromatic nitrogens is 1. The first-order chi connectivity index (χ1) is 9.58. The van der Waals surface area contributed by atoms with Gasteiger partial charge in [0.2, 0.25) is 0 Å². The second-order valence-corrected chi connectivity index (χ2v) is 4.58. The number of rotatable bonds is 6. The normalized spacial score (nSPS) is 10.8. The maximum atomic E-state index is 13.6. The third-order valence-corrected chi connectivity index (χ3v) is 2.67. The summed E-state index contributed by atoms with van der Waals surface area (Å²) in [5, 5.41) is 3.51. The summed E-state index contributed by atoms with van der Waals surface area (Å²) in [6.07, 6.45) is 1.49. The maximum Gasteiger partial charge on any atom is 0.152 e. The molecule has 2 rings (SSSR count). The molecule has 2 aromatic rings. The maximum absolute atomic E-state index is 13.6. The lowest BCUT2D eigenvalue weighted by molar-refractivity contribution is 0.167. The minimum absolute atomic E-state index is 0.152. The predicted octanol–water partition coefficient (Wildman–Crippen LogP) is 3.52. The van der Waals surface area contributed by atoms with Crippen LogP contribution in [0.5, 0.6) is 0 Å². The average molecular weight is 278 g/mol. The van der Waals surface area contributed by atoms with E-state index in [1.807, 2.05) is 6.92 Å². The highest BCUT2D eigenvalue weighted by Crippen LogP contribution is 2.24. The van der Waals surface area contributed by atoms with Crippen LogP contribution >= 0.6 is 0 Å². The molecule has 3 nitrogen and oxygen atoms in total. The van der Waals surface area contributed by atoms with E-state index in [1.54, 1.807) is 6.07 Å². The van der Waals surface area contributed by atoms with E-state index in [9.17, 15) is 8.78 Å². The summed E-state index contributed by atoms with van der Waals surface area (Å²) in [5.74, 6) is -1.29. The molecule has 0 aliphatic rings. The van der Waals surface area contributed by atoms with Crippen molar-refractivity contribution in [2.75, 3.05) is 25.1 Å². The van der Waals surface area contributed by atoms with Gasteiger partial charge in [0.15, 0.2) is 5.82 Å². The van der Waals surface area contributed by atoms with Crippen LogP contribution in [-0.4, -0.2) is 24.7 Å². The van der Waals surface area contributed by atoms with Gasteiger partial charge < -0.3 is 10.1 Å². The van der Waals surface area contributed by atoms with Crippen LogP contribution in [0.25, 0.3) is 10.9 Å². The Morgan fingerprint density at radius 3 is 2.95 bits per heavy atom. The van der Waals surface area contributed by atoms with E-state index in [-0.39, 0.29) is 5.52 Å². The van der Waals surface area contributed by atoms with Crippen molar-refractivity contribution >= 4 is 16.6 Å². The van der Waals surface area contributed by atoms with Crippen LogP contribution in [0.3, 0.4) is 0 Å². The molecule has 0 fully saturated rings. The van der Waals surface area contributed by atoms with Crippen LogP contribution in [0.4, 0.5) is 14.5 Å². The van der Waals surface area contributed by atoms with Crippen molar-refractivity contribution in [1.29, 1.82) is 0 Å². The van der Waals surface area contributed by atoms with Gasteiger partial charge in [-0.15, -0.1) is 0 Å². The van der Waals surface area contributed by atoms with Crippen LogP contribution in [-0.2, 0) is 4.74 Å². The number of pyridine rings is 1. The molecule has 0 radical (unpaired) electrons. The van der Waals surface area contributed by atoms with Gasteiger partial charge in [-0.1, -0.05) is 12.2 Å². The minimum Gasteiger partial charge on any atom is -0.382 e. The molecular weight excluding hydrogens is 262 g/mol. The number of fused-ring (bicyclic) bond motifs is 1. The molecule has 20 heavy (non-hydrogen) atoms. The Labute approximate surface area is 116 Å². The van der Waals surface area contributed by atoms with Crippen molar-refractivity contribution in [1.82, 2.24) is 4.98 Å². The Morgan fingerprint density at radius 2 is 2.20 bits per heavy atom. The number of anilines is 1. The fourth-order valence-corrected chi connectivity index (χ4v) is 1.84. The van der Waals surface area contributed by atoms with E-state index in [2.05, 4.69) is 16.9 Å². The van der Waals surface area contributed by atoms with Crippen molar-refractivity contribution < 1.29 is 13.5 Å². The molecule has 1 heterocycles. The van der Waals surface area contributed by atoms with Gasteiger partial charge in [0.1, 0.15) is 11.3 Å². The fraction of sp³-hybridized carbons (Fsp3) is 0.267. The first-order valence-electron chi connectivity index (χ1n) is 6.27. The standard InChI is InChI=1S/C15H16F2N2O/c1-10(2)9-20-6-5-18-14-3-4-19-15-12(14)7-11(16)8-13(15)17/h3-4,7-8H,1,5-6,9H2,2H3,(H,18,19). The minimum atomic E-state index is -0.665. The molecule has 0 spiro atoms. The quantitative estimate of drug-likeness (QED) is 0.648. The number of ether oxygens (including phenoxy) is 1. The Morgan fingerprint density at radius 1 is 1.40 bits per heavy atom. The Balaban J connectivity index is 2.08. The summed E-state index contributed by atoms with van der Waals surface area (Å²) in [4.78, 5) is 3.93. The summed E-state index contributed by atoms with van der Waals surface area (Å²) in [6, 6.07) is 3.78. The summed E-state index contributed by atoms with van der Waals surface area (Å²) in [5.41, 5.74) is 1.73. The molecule has 0 aliphatic carbocycles. The Kier molecular flexibility index (Phi) is 4.63. The number of hydrogen-bond acceptors (Lipinski definition) is 3. The molecule has 106 valence electrons. The van der Waals surface area contributed by atoms with Crippen molar-refractivity contribution in [3.8, 4) is 0 Å². The molecule has 0 saturated heterocycles. The monoisotopic (exact) mass is 278 g/mol. The molecule has 1 aromatic carbocycles. The summed E-state index contributed by atoms with van der Waals surface area (Å²) < 4.78 is 32.2. The van der Waals surface area contributed by atoms with Crippen LogP contribution in [0.1, 0.15) is 6.92 Å².